The summed E-state index contributed by atoms with van der Waals surface area (Å²) in [4.78, 5) is 37.3. The zero-order valence-electron chi connectivity index (χ0n) is 17.0. The normalized spacial score (nSPS) is 12.0. The molecule has 0 aliphatic heterocycles. The van der Waals surface area contributed by atoms with E-state index >= 15 is 0 Å². The first kappa shape index (κ1) is 21.3. The summed E-state index contributed by atoms with van der Waals surface area (Å²) in [6.45, 7) is 3.98. The van der Waals surface area contributed by atoms with Crippen molar-refractivity contribution < 1.29 is 9.59 Å². The third kappa shape index (κ3) is 4.00. The van der Waals surface area contributed by atoms with Crippen molar-refractivity contribution in [3.05, 3.63) is 83.2 Å². The average molecular weight is 449 g/mol. The van der Waals surface area contributed by atoms with Gasteiger partial charge in [0.1, 0.15) is 6.04 Å². The molecule has 0 saturated carbocycles. The van der Waals surface area contributed by atoms with Crippen molar-refractivity contribution in [3.8, 4) is 0 Å². The van der Waals surface area contributed by atoms with Gasteiger partial charge in [0.2, 0.25) is 17.6 Å². The summed E-state index contributed by atoms with van der Waals surface area (Å²) in [5.74, 6) is -0.701. The summed E-state index contributed by atoms with van der Waals surface area (Å²) in [6.07, 6.45) is 1.61. The lowest BCUT2D eigenvalue weighted by Crippen LogP contribution is -2.38. The molecule has 0 aliphatic rings. The van der Waals surface area contributed by atoms with E-state index < -0.39 is 11.9 Å². The molecule has 9 nitrogen and oxygen atoms in total. The highest BCUT2D eigenvalue weighted by molar-refractivity contribution is 7.99. The monoisotopic (exact) mass is 448 g/mol. The van der Waals surface area contributed by atoms with Crippen LogP contribution in [0.25, 0.3) is 16.7 Å². The van der Waals surface area contributed by atoms with Crippen LogP contribution < -0.4 is 16.6 Å². The quantitative estimate of drug-likeness (QED) is 0.312. The van der Waals surface area contributed by atoms with E-state index in [1.54, 1.807) is 52.9 Å². The van der Waals surface area contributed by atoms with Crippen molar-refractivity contribution in [2.24, 2.45) is 5.73 Å². The van der Waals surface area contributed by atoms with Crippen LogP contribution in [0.5, 0.6) is 0 Å². The highest BCUT2D eigenvalue weighted by Gasteiger charge is 2.21. The lowest BCUT2D eigenvalue weighted by molar-refractivity contribution is -0.126. The van der Waals surface area contributed by atoms with Crippen molar-refractivity contribution in [1.29, 1.82) is 0 Å². The van der Waals surface area contributed by atoms with E-state index in [0.29, 0.717) is 27.4 Å². The zero-order valence-corrected chi connectivity index (χ0v) is 17.8. The molecule has 0 saturated heterocycles. The minimum atomic E-state index is -0.932. The number of benzene rings is 2. The van der Waals surface area contributed by atoms with Gasteiger partial charge in [0.05, 0.1) is 16.7 Å². The van der Waals surface area contributed by atoms with Gasteiger partial charge >= 0.3 is 0 Å². The van der Waals surface area contributed by atoms with E-state index in [1.165, 1.54) is 4.57 Å². The number of amides is 2. The number of para-hydroxylation sites is 1. The van der Waals surface area contributed by atoms with Gasteiger partial charge in [-0.1, -0.05) is 60.3 Å². The van der Waals surface area contributed by atoms with Crippen molar-refractivity contribution in [1.82, 2.24) is 24.5 Å². The number of aromatic nitrogens is 4. The number of nitrogens with one attached hydrogen (secondary N) is 1. The first-order valence-electron chi connectivity index (χ1n) is 9.75. The molecule has 32 heavy (non-hydrogen) atoms. The number of primary amides is 1. The summed E-state index contributed by atoms with van der Waals surface area (Å²) < 4.78 is 3.21. The van der Waals surface area contributed by atoms with Gasteiger partial charge in [0, 0.05) is 6.54 Å². The van der Waals surface area contributed by atoms with Crippen LogP contribution in [0.1, 0.15) is 11.6 Å². The average Bonchev–Trinajstić information content (AvgIpc) is 3.23. The van der Waals surface area contributed by atoms with Gasteiger partial charge in [-0.25, -0.2) is 0 Å². The van der Waals surface area contributed by atoms with Crippen LogP contribution >= 0.6 is 11.8 Å². The molecule has 2 amide bonds. The largest absolute Gasteiger partial charge is 0.368 e. The van der Waals surface area contributed by atoms with Gasteiger partial charge in [-0.3, -0.25) is 23.4 Å². The van der Waals surface area contributed by atoms with Crippen LogP contribution in [0.4, 0.5) is 0 Å². The number of rotatable bonds is 8. The number of carbonyl (C=O) groups excluding carboxylic acids is 2. The summed E-state index contributed by atoms with van der Waals surface area (Å²) in [5, 5.41) is 12.0. The van der Waals surface area contributed by atoms with Crippen LogP contribution in [0.2, 0.25) is 0 Å². The first-order chi connectivity index (χ1) is 15.5. The van der Waals surface area contributed by atoms with Gasteiger partial charge < -0.3 is 11.1 Å². The smallest absolute Gasteiger partial charge is 0.263 e. The fourth-order valence-electron chi connectivity index (χ4n) is 3.42. The third-order valence-corrected chi connectivity index (χ3v) is 5.77. The van der Waals surface area contributed by atoms with Gasteiger partial charge in [0.15, 0.2) is 5.16 Å². The SMILES string of the molecule is C=CCn1c(=O)c2ccccc2n2c(SCC(=O)NC(C(N)=O)c3ccccc3)nnc12. The van der Waals surface area contributed by atoms with Crippen LogP contribution in [0, 0.1) is 0 Å². The Labute approximate surface area is 186 Å². The van der Waals surface area contributed by atoms with Gasteiger partial charge in [-0.2, -0.15) is 0 Å². The number of allylic oxidation sites excluding steroid dienone is 1. The Bertz CT molecular complexity index is 1380. The highest BCUT2D eigenvalue weighted by Crippen LogP contribution is 2.22. The van der Waals surface area contributed by atoms with Gasteiger partial charge in [0.25, 0.3) is 5.56 Å². The number of fused-ring (bicyclic) bond motifs is 3. The van der Waals surface area contributed by atoms with E-state index in [-0.39, 0.29) is 23.8 Å². The molecule has 10 heteroatoms. The topological polar surface area (TPSA) is 124 Å². The highest BCUT2D eigenvalue weighted by atomic mass is 32.2. The second-order valence-electron chi connectivity index (χ2n) is 6.94. The molecule has 2 aromatic heterocycles. The lowest BCUT2D eigenvalue weighted by atomic mass is 10.1. The van der Waals surface area contributed by atoms with Crippen LogP contribution in [-0.4, -0.2) is 36.7 Å². The van der Waals surface area contributed by atoms with E-state index in [0.717, 1.165) is 11.8 Å². The molecule has 0 spiro atoms. The molecule has 4 rings (SSSR count). The minimum absolute atomic E-state index is 0.0215. The number of carbonyl (C=O) groups is 2. The first-order valence-corrected chi connectivity index (χ1v) is 10.7. The minimum Gasteiger partial charge on any atom is -0.368 e. The van der Waals surface area contributed by atoms with E-state index in [9.17, 15) is 14.4 Å². The molecule has 2 heterocycles. The number of hydrogen-bond donors (Lipinski definition) is 2. The summed E-state index contributed by atoms with van der Waals surface area (Å²) in [7, 11) is 0. The van der Waals surface area contributed by atoms with E-state index in [4.69, 9.17) is 5.73 Å². The third-order valence-electron chi connectivity index (χ3n) is 4.84. The number of nitrogens with two attached hydrogens (primary N) is 1. The Morgan fingerprint density at radius 1 is 1.12 bits per heavy atom. The van der Waals surface area contributed by atoms with E-state index in [2.05, 4.69) is 22.1 Å². The van der Waals surface area contributed by atoms with Crippen LogP contribution in [-0.2, 0) is 16.1 Å². The molecule has 162 valence electrons. The van der Waals surface area contributed by atoms with Crippen molar-refractivity contribution in [3.63, 3.8) is 0 Å². The van der Waals surface area contributed by atoms with Gasteiger partial charge in [-0.15, -0.1) is 16.8 Å². The second-order valence-corrected chi connectivity index (χ2v) is 7.88. The molecule has 1 unspecified atom stereocenters. The standard InChI is InChI=1S/C22H20N6O3S/c1-2-12-27-20(31)15-10-6-7-11-16(15)28-21(27)25-26-22(28)32-13-17(29)24-18(19(23)30)14-8-4-3-5-9-14/h2-11,18H,1,12-13H2,(H2,23,30)(H,24,29). The molecule has 0 radical (unpaired) electrons. The molecule has 0 fully saturated rings. The fraction of sp³-hybridized carbons (Fsp3) is 0.136. The van der Waals surface area contributed by atoms with E-state index in [1.807, 2.05) is 12.1 Å². The Balaban J connectivity index is 1.62. The van der Waals surface area contributed by atoms with Crippen molar-refractivity contribution >= 4 is 40.3 Å². The lowest BCUT2D eigenvalue weighted by Gasteiger charge is -2.15. The molecule has 2 aromatic carbocycles. The summed E-state index contributed by atoms with van der Waals surface area (Å²) >= 11 is 1.15. The Kier molecular flexibility index (Phi) is 6.04. The predicted octanol–water partition coefficient (Wildman–Crippen LogP) is 1.67. The number of thioether (sulfide) groups is 1. The second kappa shape index (κ2) is 9.06. The molecule has 4 aromatic rings. The maximum absolute atomic E-state index is 12.8. The van der Waals surface area contributed by atoms with Gasteiger partial charge in [-0.05, 0) is 17.7 Å². The molecule has 0 aliphatic carbocycles. The summed E-state index contributed by atoms with van der Waals surface area (Å²) in [5.41, 5.74) is 6.53. The summed E-state index contributed by atoms with van der Waals surface area (Å²) in [6, 6.07) is 15.0. The molecule has 1 atom stereocenters. The number of hydrogen-bond acceptors (Lipinski definition) is 6. The van der Waals surface area contributed by atoms with Crippen LogP contribution in [0.15, 0.2) is 77.2 Å². The van der Waals surface area contributed by atoms with Crippen molar-refractivity contribution in [2.75, 3.05) is 5.75 Å². The molecule has 3 N–H and O–H groups in total. The Hall–Kier alpha value is -3.92. The fourth-order valence-corrected chi connectivity index (χ4v) is 4.17. The Morgan fingerprint density at radius 3 is 2.56 bits per heavy atom. The molecular weight excluding hydrogens is 428 g/mol. The molecule has 0 bridgehead atoms. The van der Waals surface area contributed by atoms with Crippen LogP contribution in [0.3, 0.4) is 0 Å². The maximum Gasteiger partial charge on any atom is 0.263 e. The maximum atomic E-state index is 12.8. The number of nitrogens with zero attached hydrogens (tertiary/aromatic N) is 4. The van der Waals surface area contributed by atoms with Crippen molar-refractivity contribution in [2.45, 2.75) is 17.7 Å². The zero-order chi connectivity index (χ0) is 22.7. The Morgan fingerprint density at radius 2 is 1.84 bits per heavy atom. The molecular formula is C22H20N6O3S. The predicted molar refractivity (Wildman–Crippen MR) is 122 cm³/mol.